The van der Waals surface area contributed by atoms with Crippen molar-refractivity contribution in [2.24, 2.45) is 0 Å². The summed E-state index contributed by atoms with van der Waals surface area (Å²) in [6, 6.07) is 23.7. The zero-order valence-electron chi connectivity index (χ0n) is 19.1. The highest BCUT2D eigenvalue weighted by molar-refractivity contribution is 5.93. The molecule has 5 aromatic rings. The van der Waals surface area contributed by atoms with Crippen LogP contribution < -0.4 is 10.2 Å². The van der Waals surface area contributed by atoms with E-state index in [0.717, 1.165) is 46.9 Å². The number of piperazine rings is 1. The van der Waals surface area contributed by atoms with Gasteiger partial charge in [0.15, 0.2) is 0 Å². The lowest BCUT2D eigenvalue weighted by Gasteiger charge is -2.36. The van der Waals surface area contributed by atoms with E-state index in [9.17, 15) is 4.79 Å². The maximum Gasteiger partial charge on any atom is 0.321 e. The Kier molecular flexibility index (Phi) is 5.38. The molecule has 3 aromatic heterocycles. The number of H-pyrrole nitrogens is 2. The van der Waals surface area contributed by atoms with Crippen molar-refractivity contribution in [2.45, 2.75) is 0 Å². The third kappa shape index (κ3) is 4.21. The van der Waals surface area contributed by atoms with Crippen molar-refractivity contribution < 1.29 is 4.79 Å². The lowest BCUT2D eigenvalue weighted by molar-refractivity contribution is 0.208. The van der Waals surface area contributed by atoms with E-state index >= 15 is 0 Å². The average molecular weight is 464 g/mol. The van der Waals surface area contributed by atoms with E-state index < -0.39 is 0 Å². The fraction of sp³-hybridized carbons (Fsp3) is 0.148. The van der Waals surface area contributed by atoms with Crippen LogP contribution in [0.3, 0.4) is 0 Å². The van der Waals surface area contributed by atoms with Crippen LogP contribution >= 0.6 is 0 Å². The van der Waals surface area contributed by atoms with Gasteiger partial charge in [0.25, 0.3) is 0 Å². The molecule has 6 rings (SSSR count). The van der Waals surface area contributed by atoms with Crippen LogP contribution in [0.1, 0.15) is 0 Å². The molecule has 1 aliphatic rings. The fourth-order valence-corrected chi connectivity index (χ4v) is 4.47. The summed E-state index contributed by atoms with van der Waals surface area (Å²) >= 11 is 0. The van der Waals surface area contributed by atoms with Crippen LogP contribution in [0, 0.1) is 0 Å². The Morgan fingerprint density at radius 3 is 2.03 bits per heavy atom. The molecule has 0 bridgehead atoms. The van der Waals surface area contributed by atoms with E-state index in [-0.39, 0.29) is 6.03 Å². The number of benzene rings is 2. The molecule has 2 aromatic carbocycles. The lowest BCUT2D eigenvalue weighted by atomic mass is 10.1. The smallest absolute Gasteiger partial charge is 0.321 e. The average Bonchev–Trinajstić information content (AvgIpc) is 3.63. The van der Waals surface area contributed by atoms with Gasteiger partial charge in [-0.25, -0.2) is 14.8 Å². The van der Waals surface area contributed by atoms with Crippen molar-refractivity contribution in [3.8, 4) is 22.8 Å². The molecule has 0 aliphatic carbocycles. The molecule has 35 heavy (non-hydrogen) atoms. The molecule has 0 atom stereocenters. The van der Waals surface area contributed by atoms with E-state index in [0.29, 0.717) is 18.8 Å². The first kappa shape index (κ1) is 21.0. The van der Waals surface area contributed by atoms with Crippen LogP contribution in [0.4, 0.5) is 16.2 Å². The Balaban J connectivity index is 1.22. The number of nitrogens with zero attached hydrogens (tertiary/aromatic N) is 4. The number of nitrogens with one attached hydrogen (secondary N) is 3. The molecule has 1 saturated heterocycles. The number of aromatic amines is 2. The molecule has 2 amide bonds. The first-order valence-corrected chi connectivity index (χ1v) is 11.7. The maximum absolute atomic E-state index is 13.0. The van der Waals surface area contributed by atoms with Gasteiger partial charge in [0.1, 0.15) is 11.4 Å². The number of carbonyl (C=O) groups is 1. The Labute approximate surface area is 202 Å². The SMILES string of the molecule is O=C(Nc1ccc2nc(-c3ccc[nH]3)c(-c3ccc[nH]3)nc2c1)N1CCN(c2ccccc2)CC1. The molecule has 0 radical (unpaired) electrons. The van der Waals surface area contributed by atoms with Gasteiger partial charge < -0.3 is 25.1 Å². The predicted molar refractivity (Wildman–Crippen MR) is 138 cm³/mol. The second-order valence-corrected chi connectivity index (χ2v) is 8.53. The Morgan fingerprint density at radius 2 is 1.40 bits per heavy atom. The van der Waals surface area contributed by atoms with Gasteiger partial charge in [0.2, 0.25) is 0 Å². The number of amides is 2. The fourth-order valence-electron chi connectivity index (χ4n) is 4.47. The molecule has 0 unspecified atom stereocenters. The van der Waals surface area contributed by atoms with E-state index in [1.54, 1.807) is 0 Å². The van der Waals surface area contributed by atoms with Crippen LogP contribution in [0.2, 0.25) is 0 Å². The number of fused-ring (bicyclic) bond motifs is 1. The number of rotatable bonds is 4. The monoisotopic (exact) mass is 463 g/mol. The van der Waals surface area contributed by atoms with Crippen molar-refractivity contribution >= 4 is 28.4 Å². The second kappa shape index (κ2) is 8.98. The highest BCUT2D eigenvalue weighted by Crippen LogP contribution is 2.30. The summed E-state index contributed by atoms with van der Waals surface area (Å²) in [4.78, 5) is 33.4. The molecule has 8 heteroatoms. The molecule has 174 valence electrons. The summed E-state index contributed by atoms with van der Waals surface area (Å²) in [6.45, 7) is 2.96. The summed E-state index contributed by atoms with van der Waals surface area (Å²) in [5, 5.41) is 3.04. The number of carbonyl (C=O) groups excluding carboxylic acids is 1. The normalized spacial score (nSPS) is 13.8. The van der Waals surface area contributed by atoms with Crippen molar-refractivity contribution in [3.63, 3.8) is 0 Å². The molecule has 0 saturated carbocycles. The van der Waals surface area contributed by atoms with Gasteiger partial charge in [0, 0.05) is 49.9 Å². The summed E-state index contributed by atoms with van der Waals surface area (Å²) in [7, 11) is 0. The van der Waals surface area contributed by atoms with Crippen molar-refractivity contribution in [1.29, 1.82) is 0 Å². The number of anilines is 2. The van der Waals surface area contributed by atoms with Crippen LogP contribution in [0.25, 0.3) is 33.8 Å². The number of hydrogen-bond acceptors (Lipinski definition) is 4. The molecule has 0 spiro atoms. The minimum absolute atomic E-state index is 0.0994. The lowest BCUT2D eigenvalue weighted by Crippen LogP contribution is -2.50. The number of hydrogen-bond donors (Lipinski definition) is 3. The van der Waals surface area contributed by atoms with Crippen LogP contribution in [0.15, 0.2) is 85.2 Å². The highest BCUT2D eigenvalue weighted by atomic mass is 16.2. The van der Waals surface area contributed by atoms with E-state index in [1.807, 2.05) is 78.0 Å². The van der Waals surface area contributed by atoms with Crippen molar-refractivity contribution in [1.82, 2.24) is 24.8 Å². The Morgan fingerprint density at radius 1 is 0.743 bits per heavy atom. The second-order valence-electron chi connectivity index (χ2n) is 8.53. The van der Waals surface area contributed by atoms with Crippen molar-refractivity contribution in [3.05, 3.63) is 85.2 Å². The first-order valence-electron chi connectivity index (χ1n) is 11.7. The maximum atomic E-state index is 13.0. The van der Waals surface area contributed by atoms with Gasteiger partial charge in [-0.3, -0.25) is 0 Å². The Bertz CT molecular complexity index is 1440. The molecule has 1 fully saturated rings. The first-order chi connectivity index (χ1) is 17.2. The van der Waals surface area contributed by atoms with Crippen LogP contribution in [0.5, 0.6) is 0 Å². The zero-order chi connectivity index (χ0) is 23.6. The highest BCUT2D eigenvalue weighted by Gasteiger charge is 2.22. The molecular formula is C27H25N7O. The molecule has 4 heterocycles. The zero-order valence-corrected chi connectivity index (χ0v) is 19.1. The largest absolute Gasteiger partial charge is 0.368 e. The number of urea groups is 1. The van der Waals surface area contributed by atoms with E-state index in [1.165, 1.54) is 5.69 Å². The molecular weight excluding hydrogens is 438 g/mol. The number of para-hydroxylation sites is 1. The summed E-state index contributed by atoms with van der Waals surface area (Å²) in [5.41, 5.74) is 6.69. The summed E-state index contributed by atoms with van der Waals surface area (Å²) in [5.74, 6) is 0. The van der Waals surface area contributed by atoms with E-state index in [4.69, 9.17) is 9.97 Å². The quantitative estimate of drug-likeness (QED) is 0.351. The standard InChI is InChI=1S/C27H25N7O/c35-27(34-16-14-33(15-17-34)20-6-2-1-3-7-20)30-19-10-11-21-24(18-19)32-26(23-9-5-13-29-23)25(31-21)22-8-4-12-28-22/h1-13,18,28-29H,14-17H2,(H,30,35). The van der Waals surface area contributed by atoms with Gasteiger partial charge >= 0.3 is 6.03 Å². The van der Waals surface area contributed by atoms with Gasteiger partial charge in [-0.2, -0.15) is 0 Å². The summed E-state index contributed by atoms with van der Waals surface area (Å²) in [6.07, 6.45) is 3.74. The van der Waals surface area contributed by atoms with Crippen LogP contribution in [-0.4, -0.2) is 57.0 Å². The molecule has 8 nitrogen and oxygen atoms in total. The molecule has 3 N–H and O–H groups in total. The Hall–Kier alpha value is -4.59. The summed E-state index contributed by atoms with van der Waals surface area (Å²) < 4.78 is 0. The molecule has 1 aliphatic heterocycles. The van der Waals surface area contributed by atoms with Crippen LogP contribution in [-0.2, 0) is 0 Å². The minimum atomic E-state index is -0.0994. The predicted octanol–water partition coefficient (Wildman–Crippen LogP) is 4.97. The minimum Gasteiger partial charge on any atom is -0.368 e. The van der Waals surface area contributed by atoms with Gasteiger partial charge in [-0.15, -0.1) is 0 Å². The third-order valence-corrected chi connectivity index (χ3v) is 6.31. The third-order valence-electron chi connectivity index (χ3n) is 6.31. The topological polar surface area (TPSA) is 92.9 Å². The van der Waals surface area contributed by atoms with Gasteiger partial charge in [-0.1, -0.05) is 18.2 Å². The van der Waals surface area contributed by atoms with Gasteiger partial charge in [0.05, 0.1) is 22.4 Å². The van der Waals surface area contributed by atoms with Crippen molar-refractivity contribution in [2.75, 3.05) is 36.4 Å². The van der Waals surface area contributed by atoms with Gasteiger partial charge in [-0.05, 0) is 54.6 Å². The number of aromatic nitrogens is 4. The van der Waals surface area contributed by atoms with E-state index in [2.05, 4.69) is 32.3 Å².